The molecule has 0 spiro atoms. The molecule has 1 atom stereocenters. The van der Waals surface area contributed by atoms with Gasteiger partial charge in [-0.25, -0.2) is 0 Å². The van der Waals surface area contributed by atoms with E-state index in [0.29, 0.717) is 19.1 Å². The van der Waals surface area contributed by atoms with Gasteiger partial charge in [0, 0.05) is 18.0 Å². The molecule has 126 valence electrons. The third-order valence-corrected chi connectivity index (χ3v) is 5.38. The van der Waals surface area contributed by atoms with Crippen LogP contribution in [0.5, 0.6) is 5.75 Å². The summed E-state index contributed by atoms with van der Waals surface area (Å²) in [5.41, 5.74) is 3.28. The number of carbonyl (C=O) groups excluding carboxylic acids is 1. The fraction of sp³-hybridized carbons (Fsp3) is 0.190. The van der Waals surface area contributed by atoms with Crippen molar-refractivity contribution in [3.05, 3.63) is 76.5 Å². The minimum atomic E-state index is -0.00675. The zero-order valence-corrected chi connectivity index (χ0v) is 14.6. The Hall–Kier alpha value is -2.59. The van der Waals surface area contributed by atoms with E-state index < -0.39 is 0 Å². The van der Waals surface area contributed by atoms with Gasteiger partial charge in [-0.2, -0.15) is 0 Å². The molecule has 3 nitrogen and oxygen atoms in total. The average Bonchev–Trinajstić information content (AvgIpc) is 3.16. The number of hydrogen-bond donors (Lipinski definition) is 1. The maximum atomic E-state index is 12.6. The van der Waals surface area contributed by atoms with Crippen molar-refractivity contribution in [2.45, 2.75) is 6.42 Å². The zero-order valence-electron chi connectivity index (χ0n) is 13.8. The number of hydrogen-bond acceptors (Lipinski definition) is 3. The van der Waals surface area contributed by atoms with Crippen molar-refractivity contribution in [1.29, 1.82) is 0 Å². The average molecular weight is 349 g/mol. The van der Waals surface area contributed by atoms with E-state index >= 15 is 0 Å². The summed E-state index contributed by atoms with van der Waals surface area (Å²) in [5.74, 6) is 1.27. The Kier molecular flexibility index (Phi) is 4.53. The smallest absolute Gasteiger partial charge is 0.261 e. The topological polar surface area (TPSA) is 38.3 Å². The molecule has 0 radical (unpaired) electrons. The molecule has 2 aromatic carbocycles. The third kappa shape index (κ3) is 3.44. The van der Waals surface area contributed by atoms with Crippen LogP contribution in [0, 0.1) is 5.92 Å². The van der Waals surface area contributed by atoms with Crippen LogP contribution in [-0.4, -0.2) is 19.1 Å². The monoisotopic (exact) mass is 349 g/mol. The van der Waals surface area contributed by atoms with E-state index in [9.17, 15) is 4.79 Å². The summed E-state index contributed by atoms with van der Waals surface area (Å²) in [6, 6.07) is 20.2. The minimum Gasteiger partial charge on any atom is -0.493 e. The highest BCUT2D eigenvalue weighted by Crippen LogP contribution is 2.29. The lowest BCUT2D eigenvalue weighted by Gasteiger charge is -2.25. The molecule has 4 rings (SSSR count). The van der Waals surface area contributed by atoms with Gasteiger partial charge in [-0.3, -0.25) is 4.79 Å². The van der Waals surface area contributed by atoms with Crippen molar-refractivity contribution in [2.24, 2.45) is 5.92 Å². The molecular formula is C21H19NO2S. The van der Waals surface area contributed by atoms with Crippen LogP contribution in [0.15, 0.2) is 66.0 Å². The van der Waals surface area contributed by atoms with Gasteiger partial charge in [0.25, 0.3) is 5.91 Å². The highest BCUT2D eigenvalue weighted by molar-refractivity contribution is 7.12. The maximum absolute atomic E-state index is 12.6. The van der Waals surface area contributed by atoms with E-state index in [-0.39, 0.29) is 5.91 Å². The molecule has 1 N–H and O–H groups in total. The highest BCUT2D eigenvalue weighted by Gasteiger charge is 2.21. The van der Waals surface area contributed by atoms with E-state index in [4.69, 9.17) is 4.74 Å². The summed E-state index contributed by atoms with van der Waals surface area (Å²) in [7, 11) is 0. The second-order valence-corrected chi connectivity index (χ2v) is 7.14. The van der Waals surface area contributed by atoms with Crippen molar-refractivity contribution < 1.29 is 9.53 Å². The minimum absolute atomic E-state index is 0.00675. The molecule has 2 heterocycles. The van der Waals surface area contributed by atoms with Gasteiger partial charge in [0.05, 0.1) is 11.5 Å². The van der Waals surface area contributed by atoms with Gasteiger partial charge >= 0.3 is 0 Å². The largest absolute Gasteiger partial charge is 0.493 e. The molecular weight excluding hydrogens is 330 g/mol. The number of benzene rings is 2. The third-order valence-electron chi connectivity index (χ3n) is 4.46. The SMILES string of the molecule is O=C(NCC1COc2ccccc2C1)c1sccc1-c1ccccc1. The predicted molar refractivity (Wildman–Crippen MR) is 101 cm³/mol. The van der Waals surface area contributed by atoms with Gasteiger partial charge < -0.3 is 10.1 Å². The Balaban J connectivity index is 1.42. The van der Waals surface area contributed by atoms with E-state index in [0.717, 1.165) is 28.2 Å². The molecule has 0 aliphatic carbocycles. The standard InChI is InChI=1S/C21H19NO2S/c23-21(20-18(10-11-25-20)16-6-2-1-3-7-16)22-13-15-12-17-8-4-5-9-19(17)24-14-15/h1-11,15H,12-14H2,(H,22,23). The number of rotatable bonds is 4. The Labute approximate surface area is 151 Å². The number of fused-ring (bicyclic) bond motifs is 1. The summed E-state index contributed by atoms with van der Waals surface area (Å²) >= 11 is 1.48. The molecule has 3 aromatic rings. The quantitative estimate of drug-likeness (QED) is 0.758. The lowest BCUT2D eigenvalue weighted by atomic mass is 9.96. The van der Waals surface area contributed by atoms with Crippen LogP contribution in [-0.2, 0) is 6.42 Å². The van der Waals surface area contributed by atoms with Crippen molar-refractivity contribution in [2.75, 3.05) is 13.2 Å². The summed E-state index contributed by atoms with van der Waals surface area (Å²) in [6.45, 7) is 1.27. The summed E-state index contributed by atoms with van der Waals surface area (Å²) < 4.78 is 5.80. The zero-order chi connectivity index (χ0) is 17.1. The predicted octanol–water partition coefficient (Wildman–Crippen LogP) is 4.40. The maximum Gasteiger partial charge on any atom is 0.261 e. The molecule has 1 aliphatic heterocycles. The van der Waals surface area contributed by atoms with E-state index in [1.165, 1.54) is 16.9 Å². The molecule has 1 amide bonds. The van der Waals surface area contributed by atoms with Crippen LogP contribution >= 0.6 is 11.3 Å². The molecule has 0 bridgehead atoms. The molecule has 1 unspecified atom stereocenters. The van der Waals surface area contributed by atoms with Gasteiger partial charge in [0.1, 0.15) is 5.75 Å². The van der Waals surface area contributed by atoms with Gasteiger partial charge in [0.15, 0.2) is 0 Å². The Morgan fingerprint density at radius 2 is 1.88 bits per heavy atom. The first-order valence-corrected chi connectivity index (χ1v) is 9.31. The number of para-hydroxylation sites is 1. The van der Waals surface area contributed by atoms with Crippen LogP contribution in [0.2, 0.25) is 0 Å². The van der Waals surface area contributed by atoms with Crippen LogP contribution in [0.4, 0.5) is 0 Å². The second kappa shape index (κ2) is 7.11. The summed E-state index contributed by atoms with van der Waals surface area (Å²) in [6.07, 6.45) is 0.937. The van der Waals surface area contributed by atoms with Crippen LogP contribution in [0.3, 0.4) is 0 Å². The fourth-order valence-corrected chi connectivity index (χ4v) is 4.00. The van der Waals surface area contributed by atoms with Gasteiger partial charge in [-0.1, -0.05) is 48.5 Å². The summed E-state index contributed by atoms with van der Waals surface area (Å²) in [4.78, 5) is 13.4. The second-order valence-electron chi connectivity index (χ2n) is 6.23. The Morgan fingerprint density at radius 3 is 2.76 bits per heavy atom. The van der Waals surface area contributed by atoms with Crippen molar-refractivity contribution >= 4 is 17.2 Å². The molecule has 1 aromatic heterocycles. The van der Waals surface area contributed by atoms with Crippen molar-refractivity contribution in [1.82, 2.24) is 5.32 Å². The normalized spacial score (nSPS) is 15.9. The van der Waals surface area contributed by atoms with Gasteiger partial charge in [0.2, 0.25) is 0 Å². The van der Waals surface area contributed by atoms with Crippen molar-refractivity contribution in [3.63, 3.8) is 0 Å². The molecule has 0 saturated carbocycles. The highest BCUT2D eigenvalue weighted by atomic mass is 32.1. The van der Waals surface area contributed by atoms with Gasteiger partial charge in [-0.15, -0.1) is 11.3 Å². The molecule has 1 aliphatic rings. The van der Waals surface area contributed by atoms with E-state index in [1.54, 1.807) is 0 Å². The summed E-state index contributed by atoms with van der Waals surface area (Å²) in [5, 5.41) is 5.06. The van der Waals surface area contributed by atoms with Crippen LogP contribution in [0.25, 0.3) is 11.1 Å². The van der Waals surface area contributed by atoms with Gasteiger partial charge in [-0.05, 0) is 35.1 Å². The number of carbonyl (C=O) groups is 1. The number of nitrogens with one attached hydrogen (secondary N) is 1. The Bertz CT molecular complexity index is 872. The van der Waals surface area contributed by atoms with E-state index in [1.807, 2.05) is 60.0 Å². The molecule has 25 heavy (non-hydrogen) atoms. The molecule has 0 saturated heterocycles. The van der Waals surface area contributed by atoms with E-state index in [2.05, 4.69) is 11.4 Å². The van der Waals surface area contributed by atoms with Crippen LogP contribution in [0.1, 0.15) is 15.2 Å². The Morgan fingerprint density at radius 1 is 1.08 bits per heavy atom. The first-order chi connectivity index (χ1) is 12.3. The fourth-order valence-electron chi connectivity index (χ4n) is 3.17. The first kappa shape index (κ1) is 15.9. The lowest BCUT2D eigenvalue weighted by molar-refractivity contribution is 0.0943. The number of thiophene rings is 1. The van der Waals surface area contributed by atoms with Crippen molar-refractivity contribution in [3.8, 4) is 16.9 Å². The number of amides is 1. The molecule has 0 fully saturated rings. The number of ether oxygens (including phenoxy) is 1. The van der Waals surface area contributed by atoms with Crippen LogP contribution < -0.4 is 10.1 Å². The lowest BCUT2D eigenvalue weighted by Crippen LogP contribution is -2.34. The molecule has 4 heteroatoms. The first-order valence-electron chi connectivity index (χ1n) is 8.43.